The molecule has 0 spiro atoms. The van der Waals surface area contributed by atoms with Gasteiger partial charge in [0.15, 0.2) is 0 Å². The maximum atomic E-state index is 5.87. The van der Waals surface area contributed by atoms with Crippen molar-refractivity contribution >= 4 is 5.69 Å². The minimum absolute atomic E-state index is 0.528. The number of quaternary nitrogens is 1. The van der Waals surface area contributed by atoms with Crippen molar-refractivity contribution in [2.75, 3.05) is 12.8 Å². The van der Waals surface area contributed by atoms with Gasteiger partial charge < -0.3 is 16.2 Å². The molecule has 1 rings (SSSR count). The fourth-order valence-electron chi connectivity index (χ4n) is 1.24. The maximum Gasteiger partial charge on any atom is 0.102 e. The Kier molecular flexibility index (Phi) is 3.22. The minimum Gasteiger partial charge on any atom is -0.397 e. The summed E-state index contributed by atoms with van der Waals surface area (Å²) in [5, 5.41) is 0. The molecule has 0 amide bonds. The molecule has 13 heavy (non-hydrogen) atoms. The minimum atomic E-state index is 0.528. The summed E-state index contributed by atoms with van der Waals surface area (Å²) in [6, 6.07) is 0. The Morgan fingerprint density at radius 1 is 1.62 bits per heavy atom. The van der Waals surface area contributed by atoms with Crippen LogP contribution in [0.2, 0.25) is 0 Å². The average molecular weight is 182 g/mol. The molecule has 0 fully saturated rings. The van der Waals surface area contributed by atoms with E-state index < -0.39 is 0 Å². The Labute approximate surface area is 77.9 Å². The standard InChI is InChI=1S/C9H15N3O/c1-6-9(11)8(5-13-2)7(3-10)4-12-6/h4H,3,5,10-11H2,1-2H3/p+1. The first-order valence-electron chi connectivity index (χ1n) is 4.21. The Morgan fingerprint density at radius 2 is 2.31 bits per heavy atom. The normalized spacial score (nSPS) is 10.4. The van der Waals surface area contributed by atoms with Crippen LogP contribution in [0.25, 0.3) is 0 Å². The van der Waals surface area contributed by atoms with E-state index in [0.717, 1.165) is 22.5 Å². The van der Waals surface area contributed by atoms with Gasteiger partial charge in [-0.3, -0.25) is 4.98 Å². The second-order valence-corrected chi connectivity index (χ2v) is 2.94. The zero-order valence-electron chi connectivity index (χ0n) is 8.13. The molecule has 0 aliphatic rings. The zero-order valence-corrected chi connectivity index (χ0v) is 8.13. The van der Waals surface area contributed by atoms with Gasteiger partial charge in [0.1, 0.15) is 6.54 Å². The third kappa shape index (κ3) is 1.96. The van der Waals surface area contributed by atoms with Crippen molar-refractivity contribution in [1.82, 2.24) is 4.98 Å². The smallest absolute Gasteiger partial charge is 0.102 e. The molecule has 0 saturated heterocycles. The average Bonchev–Trinajstić information content (AvgIpc) is 2.14. The van der Waals surface area contributed by atoms with Crippen LogP contribution in [0.5, 0.6) is 0 Å². The van der Waals surface area contributed by atoms with E-state index in [1.807, 2.05) is 13.1 Å². The highest BCUT2D eigenvalue weighted by Gasteiger charge is 2.09. The highest BCUT2D eigenvalue weighted by atomic mass is 16.5. The van der Waals surface area contributed by atoms with Gasteiger partial charge in [-0.25, -0.2) is 0 Å². The van der Waals surface area contributed by atoms with E-state index in [-0.39, 0.29) is 0 Å². The Hall–Kier alpha value is -1.13. The van der Waals surface area contributed by atoms with Crippen LogP contribution in [-0.4, -0.2) is 12.1 Å². The summed E-state index contributed by atoms with van der Waals surface area (Å²) in [6.07, 6.45) is 1.81. The van der Waals surface area contributed by atoms with Crippen molar-refractivity contribution in [2.45, 2.75) is 20.1 Å². The van der Waals surface area contributed by atoms with Crippen molar-refractivity contribution in [1.29, 1.82) is 0 Å². The van der Waals surface area contributed by atoms with Crippen LogP contribution < -0.4 is 11.5 Å². The van der Waals surface area contributed by atoms with Gasteiger partial charge in [0.2, 0.25) is 0 Å². The lowest BCUT2D eigenvalue weighted by Gasteiger charge is -2.10. The number of nitrogen functional groups attached to an aromatic ring is 1. The van der Waals surface area contributed by atoms with Crippen molar-refractivity contribution in [3.05, 3.63) is 23.0 Å². The summed E-state index contributed by atoms with van der Waals surface area (Å²) >= 11 is 0. The Balaban J connectivity index is 3.15. The van der Waals surface area contributed by atoms with Gasteiger partial charge in [-0.1, -0.05) is 0 Å². The quantitative estimate of drug-likeness (QED) is 0.683. The number of aryl methyl sites for hydroxylation is 1. The summed E-state index contributed by atoms with van der Waals surface area (Å²) in [5.41, 5.74) is 13.3. The third-order valence-electron chi connectivity index (χ3n) is 2.07. The molecule has 0 bridgehead atoms. The first kappa shape index (κ1) is 9.95. The summed E-state index contributed by atoms with van der Waals surface area (Å²) in [4.78, 5) is 4.17. The molecule has 0 aliphatic carbocycles. The van der Waals surface area contributed by atoms with Crippen LogP contribution in [0.3, 0.4) is 0 Å². The number of pyridine rings is 1. The predicted octanol–water partition coefficient (Wildman–Crippen LogP) is -0.139. The van der Waals surface area contributed by atoms with Crippen LogP contribution >= 0.6 is 0 Å². The van der Waals surface area contributed by atoms with Crippen molar-refractivity contribution < 1.29 is 10.5 Å². The largest absolute Gasteiger partial charge is 0.397 e. The van der Waals surface area contributed by atoms with Gasteiger partial charge >= 0.3 is 0 Å². The van der Waals surface area contributed by atoms with E-state index >= 15 is 0 Å². The first-order valence-corrected chi connectivity index (χ1v) is 4.21. The summed E-state index contributed by atoms with van der Waals surface area (Å²) in [6.45, 7) is 3.11. The number of ether oxygens (including phenoxy) is 1. The number of rotatable bonds is 3. The summed E-state index contributed by atoms with van der Waals surface area (Å²) in [7, 11) is 1.65. The molecular formula is C9H16N3O+. The van der Waals surface area contributed by atoms with Gasteiger partial charge in [0.25, 0.3) is 0 Å². The second-order valence-electron chi connectivity index (χ2n) is 2.94. The molecule has 5 N–H and O–H groups in total. The van der Waals surface area contributed by atoms with E-state index in [9.17, 15) is 0 Å². The molecule has 0 atom stereocenters. The highest BCUT2D eigenvalue weighted by molar-refractivity contribution is 5.52. The number of nitrogens with zero attached hydrogens (tertiary/aromatic N) is 1. The fraction of sp³-hybridized carbons (Fsp3) is 0.444. The highest BCUT2D eigenvalue weighted by Crippen LogP contribution is 2.19. The third-order valence-corrected chi connectivity index (χ3v) is 2.07. The lowest BCUT2D eigenvalue weighted by Crippen LogP contribution is -2.48. The number of hydrogen-bond donors (Lipinski definition) is 2. The number of nitrogens with two attached hydrogens (primary N) is 1. The molecular weight excluding hydrogens is 166 g/mol. The van der Waals surface area contributed by atoms with Crippen molar-refractivity contribution in [3.8, 4) is 0 Å². The van der Waals surface area contributed by atoms with Gasteiger partial charge in [-0.15, -0.1) is 0 Å². The predicted molar refractivity (Wildman–Crippen MR) is 50.7 cm³/mol. The van der Waals surface area contributed by atoms with E-state index in [1.165, 1.54) is 0 Å². The van der Waals surface area contributed by atoms with Crippen LogP contribution in [0, 0.1) is 6.92 Å². The van der Waals surface area contributed by atoms with Crippen molar-refractivity contribution in [2.24, 2.45) is 0 Å². The molecule has 4 heteroatoms. The summed E-state index contributed by atoms with van der Waals surface area (Å²) in [5.74, 6) is 0. The SMILES string of the molecule is COCc1c(C[NH3+])cnc(C)c1N. The molecule has 4 nitrogen and oxygen atoms in total. The molecule has 0 unspecified atom stereocenters. The lowest BCUT2D eigenvalue weighted by atomic mass is 10.1. The maximum absolute atomic E-state index is 5.87. The Bertz CT molecular complexity index is 299. The van der Waals surface area contributed by atoms with E-state index in [2.05, 4.69) is 10.7 Å². The van der Waals surface area contributed by atoms with Crippen LogP contribution in [0.15, 0.2) is 6.20 Å². The fourth-order valence-corrected chi connectivity index (χ4v) is 1.24. The number of aromatic nitrogens is 1. The van der Waals surface area contributed by atoms with E-state index in [0.29, 0.717) is 13.2 Å². The van der Waals surface area contributed by atoms with Crippen molar-refractivity contribution in [3.63, 3.8) is 0 Å². The number of methoxy groups -OCH3 is 1. The van der Waals surface area contributed by atoms with Gasteiger partial charge in [0, 0.05) is 24.4 Å². The van der Waals surface area contributed by atoms with E-state index in [1.54, 1.807) is 7.11 Å². The van der Waals surface area contributed by atoms with Gasteiger partial charge in [-0.2, -0.15) is 0 Å². The molecule has 0 aromatic carbocycles. The van der Waals surface area contributed by atoms with Gasteiger partial charge in [-0.05, 0) is 6.92 Å². The molecule has 1 aromatic heterocycles. The molecule has 0 saturated carbocycles. The van der Waals surface area contributed by atoms with Crippen LogP contribution in [-0.2, 0) is 17.9 Å². The molecule has 0 radical (unpaired) electrons. The monoisotopic (exact) mass is 182 g/mol. The molecule has 1 aromatic rings. The molecule has 1 heterocycles. The van der Waals surface area contributed by atoms with Gasteiger partial charge in [0.05, 0.1) is 18.0 Å². The van der Waals surface area contributed by atoms with Crippen LogP contribution in [0.1, 0.15) is 16.8 Å². The molecule has 0 aliphatic heterocycles. The Morgan fingerprint density at radius 3 is 2.85 bits per heavy atom. The zero-order chi connectivity index (χ0) is 9.84. The first-order chi connectivity index (χ1) is 6.20. The summed E-state index contributed by atoms with van der Waals surface area (Å²) < 4.78 is 5.07. The number of hydrogen-bond acceptors (Lipinski definition) is 3. The van der Waals surface area contributed by atoms with Crippen LogP contribution in [0.4, 0.5) is 5.69 Å². The topological polar surface area (TPSA) is 75.8 Å². The van der Waals surface area contributed by atoms with E-state index in [4.69, 9.17) is 10.5 Å². The molecule has 72 valence electrons. The number of anilines is 1. The second kappa shape index (κ2) is 4.20. The lowest BCUT2D eigenvalue weighted by molar-refractivity contribution is -0.386.